The molecule has 3 heterocycles. The minimum Gasteiger partial charge on any atom is -0.395 e. The third-order valence-corrected chi connectivity index (χ3v) is 8.54. The predicted octanol–water partition coefficient (Wildman–Crippen LogP) is 3.03. The minimum absolute atomic E-state index is 0.109. The maximum atomic E-state index is 13.5. The third-order valence-electron chi connectivity index (χ3n) is 8.54. The number of aromatic amines is 1. The fourth-order valence-electron chi connectivity index (χ4n) is 6.19. The van der Waals surface area contributed by atoms with Gasteiger partial charge in [0.2, 0.25) is 11.8 Å². The molecule has 5 N–H and O–H groups in total. The Kier molecular flexibility index (Phi) is 9.66. The molecule has 0 radical (unpaired) electrons. The number of H-pyrrole nitrogens is 1. The van der Waals surface area contributed by atoms with E-state index >= 15 is 0 Å². The summed E-state index contributed by atoms with van der Waals surface area (Å²) >= 11 is 0. The van der Waals surface area contributed by atoms with Crippen molar-refractivity contribution in [2.45, 2.75) is 63.5 Å². The van der Waals surface area contributed by atoms with Gasteiger partial charge in [0, 0.05) is 71.2 Å². The lowest BCUT2D eigenvalue weighted by molar-refractivity contribution is -0.117. The number of piperidine rings is 2. The average Bonchev–Trinajstić information content (AvgIpc) is 3.00. The molecule has 10 nitrogen and oxygen atoms in total. The normalized spacial score (nSPS) is 20.3. The van der Waals surface area contributed by atoms with Gasteiger partial charge in [-0.3, -0.25) is 24.2 Å². The van der Waals surface area contributed by atoms with E-state index in [2.05, 4.69) is 25.4 Å². The zero-order valence-corrected chi connectivity index (χ0v) is 23.5. The highest BCUT2D eigenvalue weighted by atomic mass is 16.3. The van der Waals surface area contributed by atoms with E-state index in [0.717, 1.165) is 51.6 Å². The summed E-state index contributed by atoms with van der Waals surface area (Å²) in [7, 11) is 0. The van der Waals surface area contributed by atoms with Crippen molar-refractivity contribution in [3.05, 3.63) is 46.6 Å². The van der Waals surface area contributed by atoms with E-state index in [9.17, 15) is 24.6 Å². The number of hydrogen-bond acceptors (Lipinski definition) is 7. The summed E-state index contributed by atoms with van der Waals surface area (Å²) in [5.41, 5.74) is 2.24. The first-order valence-electron chi connectivity index (χ1n) is 14.8. The van der Waals surface area contributed by atoms with Gasteiger partial charge in [-0.05, 0) is 75.2 Å². The monoisotopic (exact) mass is 563 g/mol. The molecule has 3 aromatic rings. The number of nitrogens with one attached hydrogen (secondary N) is 3. The third kappa shape index (κ3) is 7.13. The van der Waals surface area contributed by atoms with Gasteiger partial charge >= 0.3 is 0 Å². The molecule has 0 bridgehead atoms. The van der Waals surface area contributed by atoms with Gasteiger partial charge in [0.1, 0.15) is 0 Å². The van der Waals surface area contributed by atoms with E-state index in [-0.39, 0.29) is 42.5 Å². The second-order valence-corrected chi connectivity index (χ2v) is 11.3. The Morgan fingerprint density at radius 1 is 0.756 bits per heavy atom. The van der Waals surface area contributed by atoms with Gasteiger partial charge in [-0.25, -0.2) is 0 Å². The Morgan fingerprint density at radius 3 is 1.66 bits per heavy atom. The van der Waals surface area contributed by atoms with E-state index in [4.69, 9.17) is 0 Å². The topological polar surface area (TPSA) is 138 Å². The molecule has 220 valence electrons. The molecule has 5 rings (SSSR count). The van der Waals surface area contributed by atoms with Crippen molar-refractivity contribution in [3.63, 3.8) is 0 Å². The van der Waals surface area contributed by atoms with Crippen LogP contribution >= 0.6 is 0 Å². The zero-order chi connectivity index (χ0) is 28.8. The van der Waals surface area contributed by atoms with Crippen LogP contribution in [0.4, 0.5) is 11.4 Å². The fraction of sp³-hybridized carbons (Fsp3) is 0.516. The van der Waals surface area contributed by atoms with E-state index in [1.165, 1.54) is 0 Å². The van der Waals surface area contributed by atoms with Gasteiger partial charge in [0.05, 0.1) is 13.2 Å². The minimum atomic E-state index is -0.181. The Labute approximate surface area is 239 Å². The highest BCUT2D eigenvalue weighted by molar-refractivity contribution is 5.99. The van der Waals surface area contributed by atoms with Crippen LogP contribution in [0.3, 0.4) is 0 Å². The van der Waals surface area contributed by atoms with Crippen LogP contribution in [0.5, 0.6) is 0 Å². The Bertz CT molecular complexity index is 1340. The largest absolute Gasteiger partial charge is 0.395 e. The van der Waals surface area contributed by atoms with Crippen LogP contribution in [0.25, 0.3) is 21.8 Å². The maximum Gasteiger partial charge on any atom is 0.225 e. The van der Waals surface area contributed by atoms with Crippen LogP contribution < -0.4 is 16.1 Å². The van der Waals surface area contributed by atoms with E-state index in [1.54, 1.807) is 36.4 Å². The van der Waals surface area contributed by atoms with Crippen LogP contribution in [0, 0.1) is 0 Å². The molecular formula is C31H41N5O5. The number of hydrogen-bond donors (Lipinski definition) is 5. The van der Waals surface area contributed by atoms with Crippen LogP contribution in [0.2, 0.25) is 0 Å². The molecule has 2 atom stereocenters. The molecule has 0 spiro atoms. The molecule has 2 aliphatic heterocycles. The number of benzene rings is 2. The number of rotatable bonds is 10. The Balaban J connectivity index is 1.24. The van der Waals surface area contributed by atoms with Crippen molar-refractivity contribution < 1.29 is 19.8 Å². The van der Waals surface area contributed by atoms with Gasteiger partial charge in [0.15, 0.2) is 5.43 Å². The van der Waals surface area contributed by atoms with E-state index < -0.39 is 0 Å². The summed E-state index contributed by atoms with van der Waals surface area (Å²) in [5.74, 6) is -0.271. The number of nitrogens with zero attached hydrogens (tertiary/aromatic N) is 2. The van der Waals surface area contributed by atoms with Gasteiger partial charge in [-0.2, -0.15) is 0 Å². The van der Waals surface area contributed by atoms with Crippen molar-refractivity contribution in [3.8, 4) is 0 Å². The van der Waals surface area contributed by atoms with Crippen LogP contribution in [0.15, 0.2) is 41.2 Å². The Morgan fingerprint density at radius 2 is 1.22 bits per heavy atom. The van der Waals surface area contributed by atoms with Crippen molar-refractivity contribution >= 4 is 45.0 Å². The summed E-state index contributed by atoms with van der Waals surface area (Å²) in [6, 6.07) is 10.7. The van der Waals surface area contributed by atoms with E-state index in [0.29, 0.717) is 59.1 Å². The van der Waals surface area contributed by atoms with Crippen molar-refractivity contribution in [1.29, 1.82) is 0 Å². The van der Waals surface area contributed by atoms with Crippen molar-refractivity contribution in [2.24, 2.45) is 0 Å². The molecule has 0 aliphatic carbocycles. The SMILES string of the molecule is O=C(CCN1CCCCC1CO)Nc1ccc2[nH]c3ccc(NC(=O)CCN4CCCCC4CO)cc3c(=O)c2c1. The van der Waals surface area contributed by atoms with Gasteiger partial charge < -0.3 is 25.8 Å². The number of likely N-dealkylation sites (tertiary alicyclic amines) is 2. The fourth-order valence-corrected chi connectivity index (χ4v) is 6.19. The number of aromatic nitrogens is 1. The molecule has 2 unspecified atom stereocenters. The standard InChI is InChI=1S/C31H41N5O5/c37-19-23-5-1-3-13-35(23)15-11-29(39)32-21-7-9-27-25(17-21)31(41)26-18-22(8-10-28(26)34-27)33-30(40)12-16-36-14-4-2-6-24(36)20-38/h7-10,17-18,23-24,37-38H,1-6,11-16,19-20H2,(H,32,39)(H,33,40)(H,34,41). The van der Waals surface area contributed by atoms with Gasteiger partial charge in [0.25, 0.3) is 0 Å². The lowest BCUT2D eigenvalue weighted by Crippen LogP contribution is -2.43. The number of anilines is 2. The molecule has 2 saturated heterocycles. The predicted molar refractivity (Wildman–Crippen MR) is 161 cm³/mol. The summed E-state index contributed by atoms with van der Waals surface area (Å²) in [5, 5.41) is 25.9. The number of fused-ring (bicyclic) bond motifs is 2. The second kappa shape index (κ2) is 13.6. The quantitative estimate of drug-likeness (QED) is 0.239. The summed E-state index contributed by atoms with van der Waals surface area (Å²) in [6.45, 7) is 3.18. The van der Waals surface area contributed by atoms with Crippen molar-refractivity contribution in [1.82, 2.24) is 14.8 Å². The number of amides is 2. The molecule has 2 fully saturated rings. The smallest absolute Gasteiger partial charge is 0.225 e. The molecule has 2 amide bonds. The summed E-state index contributed by atoms with van der Waals surface area (Å²) in [6.07, 6.45) is 6.89. The van der Waals surface area contributed by atoms with Crippen molar-refractivity contribution in [2.75, 3.05) is 50.0 Å². The summed E-state index contributed by atoms with van der Waals surface area (Å²) in [4.78, 5) is 46.5. The first-order chi connectivity index (χ1) is 19.9. The van der Waals surface area contributed by atoms with Crippen LogP contribution in [-0.4, -0.2) is 88.3 Å². The molecule has 0 saturated carbocycles. The molecular weight excluding hydrogens is 522 g/mol. The van der Waals surface area contributed by atoms with E-state index in [1.807, 2.05) is 0 Å². The number of carbonyl (C=O) groups is 2. The maximum absolute atomic E-state index is 13.5. The first-order valence-corrected chi connectivity index (χ1v) is 14.8. The molecule has 1 aromatic heterocycles. The number of aliphatic hydroxyl groups is 2. The summed E-state index contributed by atoms with van der Waals surface area (Å²) < 4.78 is 0. The number of aliphatic hydroxyl groups excluding tert-OH is 2. The first kappa shape index (κ1) is 29.2. The highest BCUT2D eigenvalue weighted by Gasteiger charge is 2.23. The lowest BCUT2D eigenvalue weighted by atomic mass is 10.0. The lowest BCUT2D eigenvalue weighted by Gasteiger charge is -2.34. The van der Waals surface area contributed by atoms with Crippen LogP contribution in [0.1, 0.15) is 51.4 Å². The highest BCUT2D eigenvalue weighted by Crippen LogP contribution is 2.22. The number of carbonyl (C=O) groups excluding carboxylic acids is 2. The average molecular weight is 564 g/mol. The molecule has 10 heteroatoms. The molecule has 41 heavy (non-hydrogen) atoms. The van der Waals surface area contributed by atoms with Gasteiger partial charge in [-0.1, -0.05) is 12.8 Å². The second-order valence-electron chi connectivity index (χ2n) is 11.3. The zero-order valence-electron chi connectivity index (χ0n) is 23.5. The molecule has 2 aromatic carbocycles. The number of pyridine rings is 1. The Hall–Kier alpha value is -3.31. The molecule has 2 aliphatic rings. The van der Waals surface area contributed by atoms with Gasteiger partial charge in [-0.15, -0.1) is 0 Å². The van der Waals surface area contributed by atoms with Crippen LogP contribution in [-0.2, 0) is 9.59 Å².